The zero-order valence-electron chi connectivity index (χ0n) is 13.8. The number of aromatic nitrogens is 1. The van der Waals surface area contributed by atoms with Gasteiger partial charge < -0.3 is 4.57 Å². The molecule has 0 atom stereocenters. The molecule has 1 aromatic carbocycles. The molecule has 0 radical (unpaired) electrons. The molecule has 1 aliphatic heterocycles. The molecule has 0 bridgehead atoms. The Hall–Kier alpha value is -1.18. The molecule has 2 aromatic rings. The van der Waals surface area contributed by atoms with Crippen molar-refractivity contribution in [1.82, 2.24) is 9.47 Å². The molecular formula is C19H23N2OW-. The first-order chi connectivity index (χ1) is 10.7. The number of nitrogens with zero attached hydrogens (tertiary/aromatic N) is 2. The van der Waals surface area contributed by atoms with Gasteiger partial charge in [0.2, 0.25) is 0 Å². The van der Waals surface area contributed by atoms with Gasteiger partial charge in [0.1, 0.15) is 0 Å². The summed E-state index contributed by atoms with van der Waals surface area (Å²) in [5, 5.41) is 0. The Morgan fingerprint density at radius 3 is 2.43 bits per heavy atom. The minimum absolute atomic E-state index is 0. The van der Waals surface area contributed by atoms with E-state index in [1.807, 2.05) is 37.3 Å². The number of hydrogen-bond donors (Lipinski definition) is 0. The summed E-state index contributed by atoms with van der Waals surface area (Å²) in [6, 6.07) is 12.9. The van der Waals surface area contributed by atoms with Gasteiger partial charge in [-0.25, -0.2) is 0 Å². The molecule has 122 valence electrons. The summed E-state index contributed by atoms with van der Waals surface area (Å²) in [5.74, 6) is 0.240. The monoisotopic (exact) mass is 479 g/mol. The standard InChI is InChI=1S/C19H23N2O.W/c1-15-13-18(19(22)14-20-11-7-4-8-12-20)16(2)21(15)17-9-5-3-6-10-17;/h5-6,9-10,13H,4,7-8,11-12,14H2,1-2H3;/q-1;. The van der Waals surface area contributed by atoms with Crippen LogP contribution in [0.15, 0.2) is 30.3 Å². The van der Waals surface area contributed by atoms with Crippen molar-refractivity contribution < 1.29 is 25.9 Å². The number of carbonyl (C=O) groups is 1. The number of ketones is 1. The number of Topliss-reactive ketones (excluding diaryl/α,β-unsaturated/α-hetero) is 1. The SMILES string of the molecule is Cc1cc(C(=O)CN2CCCCC2)c(C)n1-c1cc[c-]cc1.[W]. The molecule has 1 saturated heterocycles. The summed E-state index contributed by atoms with van der Waals surface area (Å²) in [4.78, 5) is 15.0. The van der Waals surface area contributed by atoms with Gasteiger partial charge in [-0.05, 0) is 45.8 Å². The first-order valence-corrected chi connectivity index (χ1v) is 8.08. The number of benzene rings is 1. The van der Waals surface area contributed by atoms with E-state index in [9.17, 15) is 4.79 Å². The second-order valence-electron chi connectivity index (χ2n) is 6.14. The van der Waals surface area contributed by atoms with Crippen molar-refractivity contribution in [3.63, 3.8) is 0 Å². The van der Waals surface area contributed by atoms with Crippen molar-refractivity contribution in [1.29, 1.82) is 0 Å². The van der Waals surface area contributed by atoms with Gasteiger partial charge in [-0.3, -0.25) is 9.69 Å². The largest absolute Gasteiger partial charge is 0.341 e. The van der Waals surface area contributed by atoms with Gasteiger partial charge in [0.15, 0.2) is 5.78 Å². The maximum Gasteiger partial charge on any atom is 0.178 e. The van der Waals surface area contributed by atoms with E-state index in [-0.39, 0.29) is 26.8 Å². The predicted octanol–water partition coefficient (Wildman–Crippen LogP) is 3.56. The average molecular weight is 479 g/mol. The van der Waals surface area contributed by atoms with Gasteiger partial charge in [-0.15, -0.1) is 12.1 Å². The average Bonchev–Trinajstić information content (AvgIpc) is 2.84. The van der Waals surface area contributed by atoms with Gasteiger partial charge in [0.05, 0.1) is 6.54 Å². The summed E-state index contributed by atoms with van der Waals surface area (Å²) in [6.07, 6.45) is 3.73. The number of rotatable bonds is 4. The van der Waals surface area contributed by atoms with E-state index in [2.05, 4.69) is 22.5 Å². The number of carbonyl (C=O) groups excluding carboxylic acids is 1. The number of piperidine rings is 1. The van der Waals surface area contributed by atoms with Crippen LogP contribution in [0.2, 0.25) is 0 Å². The Bertz CT molecular complexity index is 658. The molecule has 0 amide bonds. The van der Waals surface area contributed by atoms with Crippen molar-refractivity contribution >= 4 is 5.78 Å². The molecule has 23 heavy (non-hydrogen) atoms. The van der Waals surface area contributed by atoms with Gasteiger partial charge in [-0.2, -0.15) is 18.2 Å². The fourth-order valence-corrected chi connectivity index (χ4v) is 3.38. The molecule has 0 unspecified atom stereocenters. The Labute approximate surface area is 152 Å². The van der Waals surface area contributed by atoms with Gasteiger partial charge in [0.25, 0.3) is 0 Å². The van der Waals surface area contributed by atoms with Gasteiger partial charge in [-0.1, -0.05) is 12.1 Å². The second kappa shape index (κ2) is 8.08. The maximum atomic E-state index is 12.7. The number of hydrogen-bond acceptors (Lipinski definition) is 2. The predicted molar refractivity (Wildman–Crippen MR) is 88.7 cm³/mol. The van der Waals surface area contributed by atoms with E-state index in [0.29, 0.717) is 6.54 Å². The summed E-state index contributed by atoms with van der Waals surface area (Å²) in [7, 11) is 0. The molecule has 3 nitrogen and oxygen atoms in total. The third-order valence-electron chi connectivity index (χ3n) is 4.51. The molecule has 0 N–H and O–H groups in total. The van der Waals surface area contributed by atoms with Crippen LogP contribution < -0.4 is 0 Å². The van der Waals surface area contributed by atoms with Crippen molar-refractivity contribution in [2.45, 2.75) is 33.1 Å². The van der Waals surface area contributed by atoms with Crippen molar-refractivity contribution in [3.8, 4) is 5.69 Å². The van der Waals surface area contributed by atoms with Crippen LogP contribution in [-0.2, 0) is 21.1 Å². The van der Waals surface area contributed by atoms with Crippen LogP contribution in [0.5, 0.6) is 0 Å². The fraction of sp³-hybridized carbons (Fsp3) is 0.421. The van der Waals surface area contributed by atoms with Crippen LogP contribution >= 0.6 is 0 Å². The Morgan fingerprint density at radius 1 is 1.13 bits per heavy atom. The van der Waals surface area contributed by atoms with E-state index in [1.165, 1.54) is 19.3 Å². The molecule has 1 aromatic heterocycles. The Kier molecular flexibility index (Phi) is 6.38. The van der Waals surface area contributed by atoms with E-state index < -0.39 is 0 Å². The molecular weight excluding hydrogens is 456 g/mol. The smallest absolute Gasteiger partial charge is 0.178 e. The number of likely N-dealkylation sites (tertiary alicyclic amines) is 1. The second-order valence-corrected chi connectivity index (χ2v) is 6.14. The zero-order chi connectivity index (χ0) is 15.5. The van der Waals surface area contributed by atoms with Crippen LogP contribution in [0.1, 0.15) is 41.0 Å². The van der Waals surface area contributed by atoms with Crippen molar-refractivity contribution in [2.75, 3.05) is 19.6 Å². The summed E-state index contributed by atoms with van der Waals surface area (Å²) < 4.78 is 2.15. The molecule has 4 heteroatoms. The first kappa shape index (κ1) is 18.2. The van der Waals surface area contributed by atoms with Crippen molar-refractivity contribution in [3.05, 3.63) is 53.3 Å². The first-order valence-electron chi connectivity index (χ1n) is 8.08. The van der Waals surface area contributed by atoms with Gasteiger partial charge in [0, 0.05) is 38.0 Å². The Morgan fingerprint density at radius 2 is 1.78 bits per heavy atom. The molecule has 0 spiro atoms. The molecule has 0 aliphatic carbocycles. The quantitative estimate of drug-likeness (QED) is 0.495. The van der Waals surface area contributed by atoms with E-state index in [1.54, 1.807) is 0 Å². The summed E-state index contributed by atoms with van der Waals surface area (Å²) in [6.45, 7) is 6.75. The minimum atomic E-state index is 0. The molecule has 3 rings (SSSR count). The maximum absolute atomic E-state index is 12.7. The minimum Gasteiger partial charge on any atom is -0.341 e. The third kappa shape index (κ3) is 4.02. The van der Waals surface area contributed by atoms with Crippen LogP contribution in [0.25, 0.3) is 5.69 Å². The summed E-state index contributed by atoms with van der Waals surface area (Å²) >= 11 is 0. The van der Waals surface area contributed by atoms with Crippen LogP contribution in [0.3, 0.4) is 0 Å². The van der Waals surface area contributed by atoms with Gasteiger partial charge >= 0.3 is 0 Å². The summed E-state index contributed by atoms with van der Waals surface area (Å²) in [5.41, 5.74) is 4.08. The van der Waals surface area contributed by atoms with E-state index in [0.717, 1.165) is 35.7 Å². The normalized spacial score (nSPS) is 15.2. The fourth-order valence-electron chi connectivity index (χ4n) is 3.38. The van der Waals surface area contributed by atoms with E-state index >= 15 is 0 Å². The van der Waals surface area contributed by atoms with E-state index in [4.69, 9.17) is 0 Å². The molecule has 1 aliphatic rings. The Balaban J connectivity index is 0.00000192. The van der Waals surface area contributed by atoms with Crippen LogP contribution in [-0.4, -0.2) is 34.9 Å². The number of aryl methyl sites for hydroxylation is 1. The third-order valence-corrected chi connectivity index (χ3v) is 4.51. The van der Waals surface area contributed by atoms with Crippen LogP contribution in [0.4, 0.5) is 0 Å². The molecule has 2 heterocycles. The topological polar surface area (TPSA) is 25.2 Å². The van der Waals surface area contributed by atoms with Crippen molar-refractivity contribution in [2.24, 2.45) is 0 Å². The van der Waals surface area contributed by atoms with Crippen LogP contribution in [0, 0.1) is 19.9 Å². The zero-order valence-corrected chi connectivity index (χ0v) is 16.8. The molecule has 0 saturated carbocycles. The molecule has 1 fully saturated rings.